The number of rotatable bonds is 2. The molecule has 0 fully saturated rings. The van der Waals surface area contributed by atoms with Crippen molar-refractivity contribution < 1.29 is 13.2 Å². The largest absolute Gasteiger partial charge is 0.307 e. The summed E-state index contributed by atoms with van der Waals surface area (Å²) in [6.45, 7) is 0.656. The molecule has 0 saturated heterocycles. The van der Waals surface area contributed by atoms with Crippen LogP contribution in [0.5, 0.6) is 0 Å². The Hall–Kier alpha value is -2.44. The summed E-state index contributed by atoms with van der Waals surface area (Å²) >= 11 is 1.57. The fourth-order valence-electron chi connectivity index (χ4n) is 4.33. The van der Waals surface area contributed by atoms with Crippen LogP contribution >= 0.6 is 11.3 Å². The SMILES string of the molecule is CS(=O)(=O)c1ccc2c(c1)CCCN2C(=O)c1cc2c(s1)-c1ccccc1CC2. The molecule has 0 bridgehead atoms. The van der Waals surface area contributed by atoms with E-state index in [9.17, 15) is 13.2 Å². The number of hydrogen-bond donors (Lipinski definition) is 0. The number of aryl methyl sites for hydroxylation is 3. The van der Waals surface area contributed by atoms with E-state index in [0.29, 0.717) is 11.4 Å². The predicted molar refractivity (Wildman–Crippen MR) is 117 cm³/mol. The van der Waals surface area contributed by atoms with Gasteiger partial charge in [-0.1, -0.05) is 24.3 Å². The van der Waals surface area contributed by atoms with E-state index in [1.165, 1.54) is 27.8 Å². The van der Waals surface area contributed by atoms with Gasteiger partial charge in [0.15, 0.2) is 9.84 Å². The molecule has 0 unspecified atom stereocenters. The zero-order valence-electron chi connectivity index (χ0n) is 16.1. The molecule has 1 amide bonds. The van der Waals surface area contributed by atoms with Crippen molar-refractivity contribution in [2.75, 3.05) is 17.7 Å². The monoisotopic (exact) mass is 423 g/mol. The number of thiophene rings is 1. The molecule has 0 N–H and O–H groups in total. The van der Waals surface area contributed by atoms with Crippen LogP contribution in [-0.4, -0.2) is 27.1 Å². The minimum Gasteiger partial charge on any atom is -0.307 e. The van der Waals surface area contributed by atoms with Gasteiger partial charge in [0.1, 0.15) is 0 Å². The number of fused-ring (bicyclic) bond motifs is 4. The average molecular weight is 424 g/mol. The lowest BCUT2D eigenvalue weighted by Gasteiger charge is -2.29. The fraction of sp³-hybridized carbons (Fsp3) is 0.261. The average Bonchev–Trinajstić information content (AvgIpc) is 3.16. The molecule has 4 nitrogen and oxygen atoms in total. The van der Waals surface area contributed by atoms with Crippen molar-refractivity contribution in [2.45, 2.75) is 30.6 Å². The Labute approximate surface area is 174 Å². The molecule has 3 aromatic rings. The van der Waals surface area contributed by atoms with Crippen molar-refractivity contribution in [1.82, 2.24) is 0 Å². The molecule has 1 aliphatic carbocycles. The first-order chi connectivity index (χ1) is 13.9. The van der Waals surface area contributed by atoms with Gasteiger partial charge in [-0.3, -0.25) is 4.79 Å². The van der Waals surface area contributed by atoms with Crippen LogP contribution in [0.2, 0.25) is 0 Å². The number of anilines is 1. The van der Waals surface area contributed by atoms with E-state index in [1.807, 2.05) is 4.90 Å². The number of carbonyl (C=O) groups excluding carboxylic acids is 1. The molecule has 1 aromatic heterocycles. The smallest absolute Gasteiger partial charge is 0.268 e. The normalized spacial score (nSPS) is 15.4. The quantitative estimate of drug-likeness (QED) is 0.609. The molecule has 0 spiro atoms. The summed E-state index contributed by atoms with van der Waals surface area (Å²) in [5.41, 5.74) is 5.61. The predicted octanol–water partition coefficient (Wildman–Crippen LogP) is 4.51. The highest BCUT2D eigenvalue weighted by Crippen LogP contribution is 2.40. The Morgan fingerprint density at radius 1 is 0.966 bits per heavy atom. The summed E-state index contributed by atoms with van der Waals surface area (Å²) in [6.07, 6.45) is 4.81. The maximum Gasteiger partial charge on any atom is 0.268 e. The van der Waals surface area contributed by atoms with Crippen molar-refractivity contribution in [3.8, 4) is 10.4 Å². The van der Waals surface area contributed by atoms with Gasteiger partial charge in [-0.2, -0.15) is 0 Å². The lowest BCUT2D eigenvalue weighted by Crippen LogP contribution is -2.35. The molecule has 29 heavy (non-hydrogen) atoms. The van der Waals surface area contributed by atoms with Gasteiger partial charge in [0, 0.05) is 23.4 Å². The summed E-state index contributed by atoms with van der Waals surface area (Å²) in [5.74, 6) is 0.00920. The van der Waals surface area contributed by atoms with E-state index in [0.717, 1.165) is 41.8 Å². The fourth-order valence-corrected chi connectivity index (χ4v) is 6.22. The van der Waals surface area contributed by atoms with Crippen LogP contribution in [0, 0.1) is 0 Å². The van der Waals surface area contributed by atoms with Gasteiger partial charge in [0.25, 0.3) is 5.91 Å². The van der Waals surface area contributed by atoms with Gasteiger partial charge in [0.05, 0.1) is 9.77 Å². The van der Waals surface area contributed by atoms with E-state index in [4.69, 9.17) is 0 Å². The Morgan fingerprint density at radius 3 is 2.59 bits per heavy atom. The Kier molecular flexibility index (Phi) is 4.37. The molecule has 1 aliphatic heterocycles. The summed E-state index contributed by atoms with van der Waals surface area (Å²) < 4.78 is 23.8. The van der Waals surface area contributed by atoms with Gasteiger partial charge in [0.2, 0.25) is 0 Å². The van der Waals surface area contributed by atoms with Gasteiger partial charge in [-0.25, -0.2) is 8.42 Å². The number of hydrogen-bond acceptors (Lipinski definition) is 4. The number of carbonyl (C=O) groups is 1. The van der Waals surface area contributed by atoms with Crippen LogP contribution in [0.1, 0.15) is 32.8 Å². The molecule has 0 saturated carbocycles. The van der Waals surface area contributed by atoms with E-state index in [1.54, 1.807) is 29.5 Å². The van der Waals surface area contributed by atoms with Gasteiger partial charge < -0.3 is 4.90 Å². The highest BCUT2D eigenvalue weighted by Gasteiger charge is 2.28. The highest BCUT2D eigenvalue weighted by atomic mass is 32.2. The van der Waals surface area contributed by atoms with Crippen molar-refractivity contribution >= 4 is 32.8 Å². The van der Waals surface area contributed by atoms with Crippen molar-refractivity contribution in [1.29, 1.82) is 0 Å². The number of sulfone groups is 1. The molecule has 5 rings (SSSR count). The molecule has 2 aliphatic rings. The van der Waals surface area contributed by atoms with Crippen LogP contribution in [0.25, 0.3) is 10.4 Å². The van der Waals surface area contributed by atoms with E-state index < -0.39 is 9.84 Å². The molecular formula is C23H21NO3S2. The number of amides is 1. The van der Waals surface area contributed by atoms with Gasteiger partial charge >= 0.3 is 0 Å². The third-order valence-electron chi connectivity index (χ3n) is 5.79. The third-order valence-corrected chi connectivity index (χ3v) is 8.10. The van der Waals surface area contributed by atoms with E-state index >= 15 is 0 Å². The Morgan fingerprint density at radius 2 is 1.76 bits per heavy atom. The Bertz CT molecular complexity index is 1240. The van der Waals surface area contributed by atoms with E-state index in [-0.39, 0.29) is 5.91 Å². The zero-order valence-corrected chi connectivity index (χ0v) is 17.8. The lowest BCUT2D eigenvalue weighted by atomic mass is 9.91. The zero-order chi connectivity index (χ0) is 20.2. The van der Waals surface area contributed by atoms with Crippen LogP contribution in [0.3, 0.4) is 0 Å². The first-order valence-corrected chi connectivity index (χ1v) is 12.5. The standard InChI is InChI=1S/C23H21NO3S2/c1-29(26,27)18-10-11-20-16(13-18)6-4-12-24(20)23(25)21-14-17-9-8-15-5-2-3-7-19(15)22(17)28-21/h2-3,5,7,10-11,13-14H,4,6,8-9,12H2,1H3. The second-order valence-electron chi connectivity index (χ2n) is 7.75. The first kappa shape index (κ1) is 18.6. The van der Waals surface area contributed by atoms with Crippen LogP contribution in [0.4, 0.5) is 5.69 Å². The molecule has 6 heteroatoms. The highest BCUT2D eigenvalue weighted by molar-refractivity contribution is 7.90. The summed E-state index contributed by atoms with van der Waals surface area (Å²) in [5, 5.41) is 0. The van der Waals surface area contributed by atoms with Gasteiger partial charge in [-0.05, 0) is 72.2 Å². The topological polar surface area (TPSA) is 54.5 Å². The summed E-state index contributed by atoms with van der Waals surface area (Å²) in [6, 6.07) is 15.6. The van der Waals surface area contributed by atoms with Crippen LogP contribution in [-0.2, 0) is 29.1 Å². The van der Waals surface area contributed by atoms with Crippen molar-refractivity contribution in [3.05, 3.63) is 70.1 Å². The maximum absolute atomic E-state index is 13.4. The van der Waals surface area contributed by atoms with Gasteiger partial charge in [-0.15, -0.1) is 11.3 Å². The molecule has 0 radical (unpaired) electrons. The number of benzene rings is 2. The first-order valence-electron chi connectivity index (χ1n) is 9.77. The minimum atomic E-state index is -3.26. The van der Waals surface area contributed by atoms with E-state index in [2.05, 4.69) is 30.3 Å². The number of nitrogens with zero attached hydrogens (tertiary/aromatic N) is 1. The molecule has 0 atom stereocenters. The minimum absolute atomic E-state index is 0.00920. The second kappa shape index (κ2) is 6.82. The molecule has 148 valence electrons. The third kappa shape index (κ3) is 3.20. The molecule has 2 heterocycles. The molecule has 2 aromatic carbocycles. The summed E-state index contributed by atoms with van der Waals surface area (Å²) in [7, 11) is -3.26. The summed E-state index contributed by atoms with van der Waals surface area (Å²) in [4.78, 5) is 17.5. The molecular weight excluding hydrogens is 402 g/mol. The van der Waals surface area contributed by atoms with Crippen molar-refractivity contribution in [2.24, 2.45) is 0 Å². The maximum atomic E-state index is 13.4. The second-order valence-corrected chi connectivity index (χ2v) is 10.8. The van der Waals surface area contributed by atoms with Crippen LogP contribution in [0.15, 0.2) is 53.4 Å². The Balaban J connectivity index is 1.52. The lowest BCUT2D eigenvalue weighted by molar-refractivity contribution is 0.0989. The van der Waals surface area contributed by atoms with Crippen LogP contribution < -0.4 is 4.90 Å². The van der Waals surface area contributed by atoms with Crippen molar-refractivity contribution in [3.63, 3.8) is 0 Å².